The minimum Gasteiger partial charge on any atom is -0.408 e. The molecule has 0 saturated heterocycles. The molecule has 1 atom stereocenters. The van der Waals surface area contributed by atoms with E-state index in [9.17, 15) is 9.59 Å². The molecule has 0 spiro atoms. The van der Waals surface area contributed by atoms with Crippen LogP contribution in [0.2, 0.25) is 0 Å². The van der Waals surface area contributed by atoms with Crippen molar-refractivity contribution < 1.29 is 9.21 Å². The van der Waals surface area contributed by atoms with Gasteiger partial charge in [-0.15, -0.1) is 0 Å². The average Bonchev–Trinajstić information content (AvgIpc) is 2.65. The van der Waals surface area contributed by atoms with Gasteiger partial charge in [-0.2, -0.15) is 0 Å². The highest BCUT2D eigenvalue weighted by Crippen LogP contribution is 2.19. The molecule has 1 amide bonds. The summed E-state index contributed by atoms with van der Waals surface area (Å²) in [6.45, 7) is 3.68. The number of carbonyl (C=O) groups excluding carboxylic acids is 1. The summed E-state index contributed by atoms with van der Waals surface area (Å²) in [5.74, 6) is -0.676. The van der Waals surface area contributed by atoms with E-state index < -0.39 is 11.3 Å². The number of hydrogen-bond acceptors (Lipinski definition) is 4. The number of hydrogen-bond donors (Lipinski definition) is 2. The van der Waals surface area contributed by atoms with Gasteiger partial charge in [-0.3, -0.25) is 9.36 Å². The molecule has 0 fully saturated rings. The number of nitrogens with two attached hydrogens (primary N) is 1. The van der Waals surface area contributed by atoms with Gasteiger partial charge in [-0.1, -0.05) is 13.3 Å². The quantitative estimate of drug-likeness (QED) is 0.888. The molecule has 0 bridgehead atoms. The fraction of sp³-hybridized carbons (Fsp3) is 0.429. The molecule has 1 heterocycles. The van der Waals surface area contributed by atoms with Crippen LogP contribution in [0.1, 0.15) is 26.7 Å². The zero-order chi connectivity index (χ0) is 14.9. The fourth-order valence-corrected chi connectivity index (χ4v) is 2.11. The number of anilines is 1. The number of nitrogens with zero attached hydrogens (tertiary/aromatic N) is 1. The Labute approximate surface area is 116 Å². The molecule has 0 radical (unpaired) electrons. The summed E-state index contributed by atoms with van der Waals surface area (Å²) in [6, 6.07) is 5.03. The largest absolute Gasteiger partial charge is 0.419 e. The van der Waals surface area contributed by atoms with E-state index in [0.29, 0.717) is 23.2 Å². The Morgan fingerprint density at radius 1 is 1.50 bits per heavy atom. The van der Waals surface area contributed by atoms with Gasteiger partial charge in [-0.25, -0.2) is 4.79 Å². The number of oxazole rings is 1. The monoisotopic (exact) mass is 277 g/mol. The van der Waals surface area contributed by atoms with Crippen LogP contribution in [0.25, 0.3) is 11.1 Å². The van der Waals surface area contributed by atoms with Gasteiger partial charge in [0.25, 0.3) is 0 Å². The fourth-order valence-electron chi connectivity index (χ4n) is 2.11. The van der Waals surface area contributed by atoms with Gasteiger partial charge in [0, 0.05) is 12.7 Å². The van der Waals surface area contributed by atoms with Crippen molar-refractivity contribution in [1.82, 2.24) is 4.57 Å². The Bertz CT molecular complexity index is 697. The smallest absolute Gasteiger partial charge is 0.408 e. The van der Waals surface area contributed by atoms with E-state index >= 15 is 0 Å². The van der Waals surface area contributed by atoms with E-state index in [1.807, 2.05) is 6.92 Å². The van der Waals surface area contributed by atoms with Crippen LogP contribution in [-0.4, -0.2) is 16.0 Å². The molecule has 0 aliphatic rings. The predicted octanol–water partition coefficient (Wildman–Crippen LogP) is 1.59. The van der Waals surface area contributed by atoms with Gasteiger partial charge >= 0.3 is 5.76 Å². The van der Waals surface area contributed by atoms with Gasteiger partial charge in [0.2, 0.25) is 5.91 Å². The van der Waals surface area contributed by atoms with Gasteiger partial charge in [-0.05, 0) is 31.5 Å². The Hall–Kier alpha value is -2.08. The molecule has 108 valence electrons. The number of fused-ring (bicyclic) bond motifs is 1. The van der Waals surface area contributed by atoms with Gasteiger partial charge in [0.05, 0.1) is 11.1 Å². The predicted molar refractivity (Wildman–Crippen MR) is 77.6 cm³/mol. The first-order valence-corrected chi connectivity index (χ1v) is 6.55. The number of nitrogens with one attached hydrogen (secondary N) is 1. The molecule has 1 aromatic heterocycles. The standard InChI is InChI=1S/C14H19N3O3/c1-4-7-14(2,15)12(18)16-9-5-6-11-10(8-9)17(3)13(19)20-11/h5-6,8H,4,7,15H2,1-3H3,(H,16,18). The topological polar surface area (TPSA) is 90.3 Å². The number of carbonyl (C=O) groups is 1. The Morgan fingerprint density at radius 3 is 2.85 bits per heavy atom. The molecule has 1 unspecified atom stereocenters. The molecule has 2 rings (SSSR count). The summed E-state index contributed by atoms with van der Waals surface area (Å²) in [6.07, 6.45) is 1.43. The molecular formula is C14H19N3O3. The number of benzene rings is 1. The maximum Gasteiger partial charge on any atom is 0.419 e. The third-order valence-electron chi connectivity index (χ3n) is 3.34. The van der Waals surface area contributed by atoms with Crippen LogP contribution in [0, 0.1) is 0 Å². The van der Waals surface area contributed by atoms with Crippen LogP contribution < -0.4 is 16.8 Å². The van der Waals surface area contributed by atoms with Crippen molar-refractivity contribution in [1.29, 1.82) is 0 Å². The molecule has 6 heteroatoms. The molecule has 0 aliphatic heterocycles. The molecule has 6 nitrogen and oxygen atoms in total. The summed E-state index contributed by atoms with van der Waals surface area (Å²) in [7, 11) is 1.61. The van der Waals surface area contributed by atoms with Crippen molar-refractivity contribution in [2.75, 3.05) is 5.32 Å². The summed E-state index contributed by atoms with van der Waals surface area (Å²) in [5.41, 5.74) is 6.77. The number of aromatic nitrogens is 1. The van der Waals surface area contributed by atoms with Crippen LogP contribution in [0.3, 0.4) is 0 Å². The van der Waals surface area contributed by atoms with E-state index in [0.717, 1.165) is 6.42 Å². The molecule has 3 N–H and O–H groups in total. The molecule has 2 aromatic rings. The highest BCUT2D eigenvalue weighted by molar-refractivity contribution is 5.98. The Morgan fingerprint density at radius 2 is 2.20 bits per heavy atom. The lowest BCUT2D eigenvalue weighted by atomic mass is 9.96. The SMILES string of the molecule is CCCC(C)(N)C(=O)Nc1ccc2oc(=O)n(C)c2c1. The zero-order valence-electron chi connectivity index (χ0n) is 11.9. The zero-order valence-corrected chi connectivity index (χ0v) is 11.9. The first kappa shape index (κ1) is 14.3. The van der Waals surface area contributed by atoms with Crippen LogP contribution >= 0.6 is 0 Å². The molecular weight excluding hydrogens is 258 g/mol. The highest BCUT2D eigenvalue weighted by atomic mass is 16.4. The second kappa shape index (κ2) is 5.13. The lowest BCUT2D eigenvalue weighted by molar-refractivity contribution is -0.120. The van der Waals surface area contributed by atoms with E-state index in [-0.39, 0.29) is 5.91 Å². The van der Waals surface area contributed by atoms with Gasteiger partial charge < -0.3 is 15.5 Å². The summed E-state index contributed by atoms with van der Waals surface area (Å²) >= 11 is 0. The molecule has 0 aliphatic carbocycles. The lowest BCUT2D eigenvalue weighted by Gasteiger charge is -2.22. The van der Waals surface area contributed by atoms with Gasteiger partial charge in [0.15, 0.2) is 5.58 Å². The summed E-state index contributed by atoms with van der Waals surface area (Å²) in [5, 5.41) is 2.77. The maximum atomic E-state index is 12.1. The third-order valence-corrected chi connectivity index (χ3v) is 3.34. The Kier molecular flexibility index (Phi) is 3.67. The Balaban J connectivity index is 2.28. The van der Waals surface area contributed by atoms with Gasteiger partial charge in [0.1, 0.15) is 0 Å². The first-order chi connectivity index (χ1) is 9.35. The summed E-state index contributed by atoms with van der Waals surface area (Å²) < 4.78 is 6.42. The second-order valence-electron chi connectivity index (χ2n) is 5.23. The number of aryl methyl sites for hydroxylation is 1. The average molecular weight is 277 g/mol. The minimum absolute atomic E-state index is 0.243. The van der Waals surface area contributed by atoms with Crippen molar-refractivity contribution in [2.45, 2.75) is 32.2 Å². The van der Waals surface area contributed by atoms with Crippen LogP contribution in [0.5, 0.6) is 0 Å². The first-order valence-electron chi connectivity index (χ1n) is 6.55. The second-order valence-corrected chi connectivity index (χ2v) is 5.23. The van der Waals surface area contributed by atoms with Crippen molar-refractivity contribution in [3.63, 3.8) is 0 Å². The molecule has 20 heavy (non-hydrogen) atoms. The van der Waals surface area contributed by atoms with Crippen molar-refractivity contribution in [3.8, 4) is 0 Å². The van der Waals surface area contributed by atoms with Crippen molar-refractivity contribution in [3.05, 3.63) is 28.7 Å². The maximum absolute atomic E-state index is 12.1. The minimum atomic E-state index is -0.911. The van der Waals surface area contributed by atoms with Crippen LogP contribution in [-0.2, 0) is 11.8 Å². The van der Waals surface area contributed by atoms with Crippen molar-refractivity contribution >= 4 is 22.7 Å². The third kappa shape index (κ3) is 2.60. The number of amides is 1. The molecule has 0 saturated carbocycles. The summed E-state index contributed by atoms with van der Waals surface area (Å²) in [4.78, 5) is 23.5. The lowest BCUT2D eigenvalue weighted by Crippen LogP contribution is -2.48. The normalized spacial score (nSPS) is 14.2. The van der Waals surface area contributed by atoms with Crippen LogP contribution in [0.15, 0.2) is 27.4 Å². The number of rotatable bonds is 4. The van der Waals surface area contributed by atoms with Crippen LogP contribution in [0.4, 0.5) is 5.69 Å². The molecule has 1 aromatic carbocycles. The van der Waals surface area contributed by atoms with E-state index in [1.54, 1.807) is 32.2 Å². The van der Waals surface area contributed by atoms with Crippen molar-refractivity contribution in [2.24, 2.45) is 12.8 Å². The highest BCUT2D eigenvalue weighted by Gasteiger charge is 2.27. The van der Waals surface area contributed by atoms with E-state index in [2.05, 4.69) is 5.32 Å². The van der Waals surface area contributed by atoms with E-state index in [1.165, 1.54) is 4.57 Å². The van der Waals surface area contributed by atoms with E-state index in [4.69, 9.17) is 10.2 Å².